The molecule has 0 aliphatic carbocycles. The monoisotopic (exact) mass is 497 g/mol. The number of imidazole rings is 1. The first-order chi connectivity index (χ1) is 17.5. The maximum absolute atomic E-state index is 13.5. The molecule has 5 aromatic rings. The number of carbonyl (C=O) groups is 1. The van der Waals surface area contributed by atoms with Crippen LogP contribution in [0, 0.1) is 0 Å². The van der Waals surface area contributed by atoms with Gasteiger partial charge in [-0.25, -0.2) is 13.4 Å². The van der Waals surface area contributed by atoms with Crippen molar-refractivity contribution in [1.82, 2.24) is 14.7 Å². The fraction of sp³-hybridized carbons (Fsp3) is 0.0370. The highest BCUT2D eigenvalue weighted by atomic mass is 32.2. The van der Waals surface area contributed by atoms with Gasteiger partial charge < -0.3 is 19.2 Å². The first kappa shape index (κ1) is 21.9. The lowest BCUT2D eigenvalue weighted by molar-refractivity contribution is 0.0950. The van der Waals surface area contributed by atoms with Crippen molar-refractivity contribution in [2.24, 2.45) is 0 Å². The van der Waals surface area contributed by atoms with Gasteiger partial charge in [0, 0.05) is 25.1 Å². The van der Waals surface area contributed by atoms with Crippen LogP contribution in [0.2, 0.25) is 0 Å². The summed E-state index contributed by atoms with van der Waals surface area (Å²) in [5.41, 5.74) is 2.01. The van der Waals surface area contributed by atoms with E-state index in [9.17, 15) is 13.2 Å². The Morgan fingerprint density at radius 1 is 0.861 bits per heavy atom. The van der Waals surface area contributed by atoms with Crippen molar-refractivity contribution in [3.8, 4) is 23.0 Å². The zero-order chi connectivity index (χ0) is 24.7. The van der Waals surface area contributed by atoms with Crippen LogP contribution in [0.1, 0.15) is 15.9 Å². The summed E-state index contributed by atoms with van der Waals surface area (Å²) < 4.78 is 40.4. The standard InChI is InChI=1S/C27H19N3O5S/c31-27(19-10-13-25-28-14-15-30(25)17-19)29-16-18-8-11-20(12-9-18)36(32,33)24-7-3-6-23-26(24)35-22-5-2-1-4-21(22)34-23/h1-15,17H,16H2,(H,29,31). The molecular weight excluding hydrogens is 478 g/mol. The third-order valence-electron chi connectivity index (χ3n) is 5.85. The lowest BCUT2D eigenvalue weighted by atomic mass is 10.2. The van der Waals surface area contributed by atoms with Gasteiger partial charge >= 0.3 is 0 Å². The average molecular weight is 498 g/mol. The van der Waals surface area contributed by atoms with Gasteiger partial charge in [0.2, 0.25) is 9.84 Å². The quantitative estimate of drug-likeness (QED) is 0.360. The fourth-order valence-electron chi connectivity index (χ4n) is 3.99. The van der Waals surface area contributed by atoms with E-state index < -0.39 is 9.84 Å². The van der Waals surface area contributed by atoms with Gasteiger partial charge in [-0.2, -0.15) is 0 Å². The molecule has 2 aromatic heterocycles. The van der Waals surface area contributed by atoms with Crippen molar-refractivity contribution in [3.05, 3.63) is 109 Å². The van der Waals surface area contributed by atoms with Gasteiger partial charge in [-0.1, -0.05) is 30.3 Å². The average Bonchev–Trinajstić information content (AvgIpc) is 3.38. The summed E-state index contributed by atoms with van der Waals surface area (Å²) in [5.74, 6) is 1.22. The van der Waals surface area contributed by atoms with Crippen molar-refractivity contribution in [2.45, 2.75) is 16.3 Å². The van der Waals surface area contributed by atoms with Crippen molar-refractivity contribution in [2.75, 3.05) is 0 Å². The van der Waals surface area contributed by atoms with Crippen LogP contribution in [-0.2, 0) is 16.4 Å². The Labute approximate surface area is 206 Å². The number of para-hydroxylation sites is 3. The maximum atomic E-state index is 13.5. The number of aromatic nitrogens is 2. The van der Waals surface area contributed by atoms with Crippen LogP contribution in [0.4, 0.5) is 0 Å². The number of fused-ring (bicyclic) bond motifs is 3. The van der Waals surface area contributed by atoms with Gasteiger partial charge in [0.05, 0.1) is 10.5 Å². The van der Waals surface area contributed by atoms with Gasteiger partial charge in [-0.3, -0.25) is 4.79 Å². The predicted molar refractivity (Wildman–Crippen MR) is 131 cm³/mol. The van der Waals surface area contributed by atoms with Gasteiger partial charge in [0.15, 0.2) is 23.0 Å². The van der Waals surface area contributed by atoms with Crippen molar-refractivity contribution >= 4 is 21.4 Å². The minimum absolute atomic E-state index is 0.0189. The Hall–Kier alpha value is -4.63. The van der Waals surface area contributed by atoms with E-state index in [1.54, 1.807) is 77.6 Å². The number of nitrogens with one attached hydrogen (secondary N) is 1. The second kappa shape index (κ2) is 8.54. The molecule has 0 fully saturated rings. The summed E-state index contributed by atoms with van der Waals surface area (Å²) in [6.45, 7) is 0.246. The zero-order valence-corrected chi connectivity index (χ0v) is 19.6. The molecule has 9 heteroatoms. The number of sulfone groups is 1. The summed E-state index contributed by atoms with van der Waals surface area (Å²) >= 11 is 0. The molecule has 1 amide bonds. The Morgan fingerprint density at radius 3 is 2.42 bits per heavy atom. The first-order valence-corrected chi connectivity index (χ1v) is 12.6. The molecular formula is C27H19N3O5S. The van der Waals surface area contributed by atoms with Crippen LogP contribution < -0.4 is 14.8 Å². The molecule has 6 rings (SSSR count). The molecule has 1 N–H and O–H groups in total. The van der Waals surface area contributed by atoms with Crippen LogP contribution in [0.5, 0.6) is 23.0 Å². The van der Waals surface area contributed by atoms with E-state index in [0.29, 0.717) is 22.8 Å². The Balaban J connectivity index is 1.20. The number of nitrogens with zero attached hydrogens (tertiary/aromatic N) is 2. The van der Waals surface area contributed by atoms with Gasteiger partial charge in [-0.05, 0) is 54.1 Å². The van der Waals surface area contributed by atoms with Gasteiger partial charge in [-0.15, -0.1) is 0 Å². The summed E-state index contributed by atoms with van der Waals surface area (Å²) in [5, 5.41) is 2.85. The van der Waals surface area contributed by atoms with Crippen LogP contribution >= 0.6 is 0 Å². The van der Waals surface area contributed by atoms with Crippen LogP contribution in [0.3, 0.4) is 0 Å². The number of benzene rings is 3. The number of ether oxygens (including phenoxy) is 2. The number of carbonyl (C=O) groups excluding carboxylic acids is 1. The molecule has 0 unspecified atom stereocenters. The summed E-state index contributed by atoms with van der Waals surface area (Å²) in [6.07, 6.45) is 5.14. The molecule has 0 bridgehead atoms. The predicted octanol–water partition coefficient (Wildman–Crippen LogP) is 5.00. The number of pyridine rings is 1. The van der Waals surface area contributed by atoms with Crippen molar-refractivity contribution < 1.29 is 22.7 Å². The molecule has 3 aromatic carbocycles. The van der Waals surface area contributed by atoms with E-state index in [4.69, 9.17) is 9.47 Å². The Bertz CT molecular complexity index is 1730. The highest BCUT2D eigenvalue weighted by Gasteiger charge is 2.29. The summed E-state index contributed by atoms with van der Waals surface area (Å²) in [7, 11) is -3.89. The lowest BCUT2D eigenvalue weighted by Gasteiger charge is -2.22. The van der Waals surface area contributed by atoms with E-state index in [1.165, 1.54) is 18.2 Å². The normalized spacial score (nSPS) is 12.2. The second-order valence-electron chi connectivity index (χ2n) is 8.17. The van der Waals surface area contributed by atoms with Crippen LogP contribution in [0.25, 0.3) is 5.65 Å². The van der Waals surface area contributed by atoms with Crippen molar-refractivity contribution in [3.63, 3.8) is 0 Å². The molecule has 36 heavy (non-hydrogen) atoms. The molecule has 8 nitrogen and oxygen atoms in total. The summed E-state index contributed by atoms with van der Waals surface area (Å²) in [6, 6.07) is 21.7. The summed E-state index contributed by atoms with van der Waals surface area (Å²) in [4.78, 5) is 16.8. The molecule has 3 heterocycles. The van der Waals surface area contributed by atoms with Crippen LogP contribution in [0.15, 0.2) is 107 Å². The second-order valence-corrected chi connectivity index (χ2v) is 10.1. The first-order valence-electron chi connectivity index (χ1n) is 11.1. The number of hydrogen-bond donors (Lipinski definition) is 1. The Morgan fingerprint density at radius 2 is 1.61 bits per heavy atom. The van der Waals surface area contributed by atoms with E-state index in [2.05, 4.69) is 10.3 Å². The van der Waals surface area contributed by atoms with Crippen molar-refractivity contribution in [1.29, 1.82) is 0 Å². The van der Waals surface area contributed by atoms with Gasteiger partial charge in [0.25, 0.3) is 5.91 Å². The molecule has 0 spiro atoms. The topological polar surface area (TPSA) is 99.0 Å². The van der Waals surface area contributed by atoms with E-state index >= 15 is 0 Å². The molecule has 0 saturated heterocycles. The SMILES string of the molecule is O=C(NCc1ccc(S(=O)(=O)c2cccc3c2Oc2ccccc2O3)cc1)c1ccc2nccn2c1. The van der Waals surface area contributed by atoms with Crippen LogP contribution in [-0.4, -0.2) is 23.7 Å². The molecule has 0 saturated carbocycles. The third-order valence-corrected chi connectivity index (χ3v) is 7.64. The third kappa shape index (κ3) is 3.85. The van der Waals surface area contributed by atoms with E-state index in [0.717, 1.165) is 11.2 Å². The fourth-order valence-corrected chi connectivity index (χ4v) is 5.38. The van der Waals surface area contributed by atoms with Gasteiger partial charge in [0.1, 0.15) is 10.5 Å². The molecule has 1 aliphatic heterocycles. The van der Waals surface area contributed by atoms with E-state index in [1.807, 2.05) is 6.07 Å². The number of hydrogen-bond acceptors (Lipinski definition) is 6. The number of rotatable bonds is 5. The molecule has 0 radical (unpaired) electrons. The molecule has 178 valence electrons. The number of amides is 1. The zero-order valence-electron chi connectivity index (χ0n) is 18.8. The molecule has 0 atom stereocenters. The Kier molecular flexibility index (Phi) is 5.19. The minimum atomic E-state index is -3.89. The minimum Gasteiger partial charge on any atom is -0.449 e. The lowest BCUT2D eigenvalue weighted by Crippen LogP contribution is -2.23. The van der Waals surface area contributed by atoms with E-state index in [-0.39, 0.29) is 28.0 Å². The molecule has 1 aliphatic rings. The largest absolute Gasteiger partial charge is 0.449 e. The smallest absolute Gasteiger partial charge is 0.253 e. The maximum Gasteiger partial charge on any atom is 0.253 e. The highest BCUT2D eigenvalue weighted by molar-refractivity contribution is 7.91. The highest BCUT2D eigenvalue weighted by Crippen LogP contribution is 2.48.